The highest BCUT2D eigenvalue weighted by Gasteiger charge is 2.21. The van der Waals surface area contributed by atoms with Gasteiger partial charge in [-0.15, -0.1) is 0 Å². The number of aromatic nitrogens is 1. The molecule has 1 fully saturated rings. The van der Waals surface area contributed by atoms with Crippen LogP contribution in [-0.4, -0.2) is 32.5 Å². The van der Waals surface area contributed by atoms with Crippen LogP contribution in [0.1, 0.15) is 25.0 Å². The molecule has 1 atom stereocenters. The molecule has 0 aromatic carbocycles. The fourth-order valence-corrected chi connectivity index (χ4v) is 4.47. The molecule has 0 unspecified atom stereocenters. The Labute approximate surface area is 110 Å². The normalized spacial score (nSPS) is 20.4. The molecule has 2 heterocycles. The first-order valence-corrected chi connectivity index (χ1v) is 8.22. The maximum Gasteiger partial charge on any atom is 0.305 e. The molecule has 1 aliphatic rings. The number of aromatic amines is 1. The molecule has 0 aliphatic carbocycles. The van der Waals surface area contributed by atoms with Crippen LogP contribution in [-0.2, 0) is 10.0 Å². The Morgan fingerprint density at radius 3 is 2.83 bits per heavy atom. The predicted octanol–water partition coefficient (Wildman–Crippen LogP) is 0.165. The zero-order valence-corrected chi connectivity index (χ0v) is 11.8. The van der Waals surface area contributed by atoms with Gasteiger partial charge in [0.25, 0.3) is 10.0 Å². The zero-order chi connectivity index (χ0) is 13.2. The van der Waals surface area contributed by atoms with Gasteiger partial charge in [0.05, 0.1) is 0 Å². The molecule has 3 N–H and O–H groups in total. The number of rotatable bonds is 5. The fraction of sp³-hybridized carbons (Fsp3) is 0.700. The molecule has 0 bridgehead atoms. The summed E-state index contributed by atoms with van der Waals surface area (Å²) in [5, 5.41) is 3.31. The molecule has 0 spiro atoms. The van der Waals surface area contributed by atoms with E-state index in [2.05, 4.69) is 15.0 Å². The first-order valence-electron chi connectivity index (χ1n) is 5.92. The van der Waals surface area contributed by atoms with Crippen molar-refractivity contribution in [3.8, 4) is 0 Å². The van der Waals surface area contributed by atoms with Crippen molar-refractivity contribution in [2.75, 3.05) is 13.1 Å². The van der Waals surface area contributed by atoms with Crippen molar-refractivity contribution in [3.05, 3.63) is 15.4 Å². The highest BCUT2D eigenvalue weighted by atomic mass is 32.2. The molecule has 1 saturated heterocycles. The predicted molar refractivity (Wildman–Crippen MR) is 70.5 cm³/mol. The van der Waals surface area contributed by atoms with E-state index in [4.69, 9.17) is 0 Å². The van der Waals surface area contributed by atoms with E-state index in [-0.39, 0.29) is 9.08 Å². The standard InChI is InChI=1S/C10H17N3O3S2/c1-7-9(17-10(14)13-7)18(15,16)12-6-4-8-3-2-5-11-8/h8,11-12H,2-6H2,1H3,(H,13,14)/t8-/m1/s1. The quantitative estimate of drug-likeness (QED) is 0.721. The Morgan fingerprint density at radius 1 is 1.50 bits per heavy atom. The third-order valence-electron chi connectivity index (χ3n) is 2.97. The minimum Gasteiger partial charge on any atom is -0.315 e. The molecular formula is C10H17N3O3S2. The van der Waals surface area contributed by atoms with E-state index in [1.807, 2.05) is 0 Å². The van der Waals surface area contributed by atoms with Crippen LogP contribution in [0.15, 0.2) is 9.00 Å². The second-order valence-electron chi connectivity index (χ2n) is 4.41. The summed E-state index contributed by atoms with van der Waals surface area (Å²) in [4.78, 5) is 13.2. The molecule has 18 heavy (non-hydrogen) atoms. The molecule has 102 valence electrons. The second-order valence-corrected chi connectivity index (χ2v) is 7.35. The lowest BCUT2D eigenvalue weighted by Gasteiger charge is -2.10. The molecule has 8 heteroatoms. The molecule has 0 saturated carbocycles. The molecule has 1 aromatic rings. The van der Waals surface area contributed by atoms with E-state index in [9.17, 15) is 13.2 Å². The summed E-state index contributed by atoms with van der Waals surface area (Å²) >= 11 is 0.727. The average molecular weight is 291 g/mol. The maximum atomic E-state index is 12.0. The third-order valence-corrected chi connectivity index (χ3v) is 6.04. The molecule has 1 aliphatic heterocycles. The third kappa shape index (κ3) is 3.19. The van der Waals surface area contributed by atoms with Gasteiger partial charge in [-0.2, -0.15) is 0 Å². The minimum absolute atomic E-state index is 0.0897. The van der Waals surface area contributed by atoms with Crippen LogP contribution in [0, 0.1) is 6.92 Å². The smallest absolute Gasteiger partial charge is 0.305 e. The van der Waals surface area contributed by atoms with Gasteiger partial charge < -0.3 is 10.3 Å². The molecule has 0 amide bonds. The summed E-state index contributed by atoms with van der Waals surface area (Å²) in [6.07, 6.45) is 3.02. The van der Waals surface area contributed by atoms with Gasteiger partial charge in [-0.05, 0) is 32.7 Å². The van der Waals surface area contributed by atoms with Crippen molar-refractivity contribution >= 4 is 21.4 Å². The van der Waals surface area contributed by atoms with Crippen LogP contribution in [0.5, 0.6) is 0 Å². The van der Waals surface area contributed by atoms with E-state index in [1.54, 1.807) is 6.92 Å². The van der Waals surface area contributed by atoms with Crippen LogP contribution in [0.2, 0.25) is 0 Å². The van der Waals surface area contributed by atoms with Gasteiger partial charge in [0.1, 0.15) is 0 Å². The number of hydrogen-bond acceptors (Lipinski definition) is 5. The Hall–Kier alpha value is -0.700. The minimum atomic E-state index is -3.55. The molecular weight excluding hydrogens is 274 g/mol. The Kier molecular flexibility index (Phi) is 4.21. The van der Waals surface area contributed by atoms with E-state index in [0.717, 1.165) is 37.1 Å². The van der Waals surface area contributed by atoms with Gasteiger partial charge in [0.15, 0.2) is 4.21 Å². The summed E-state index contributed by atoms with van der Waals surface area (Å²) in [5.74, 6) is 0. The lowest BCUT2D eigenvalue weighted by atomic mass is 10.2. The van der Waals surface area contributed by atoms with Gasteiger partial charge >= 0.3 is 4.87 Å². The lowest BCUT2D eigenvalue weighted by Crippen LogP contribution is -2.30. The number of thiazole rings is 1. The number of aryl methyl sites for hydroxylation is 1. The van der Waals surface area contributed by atoms with Crippen LogP contribution in [0.4, 0.5) is 0 Å². The molecule has 0 radical (unpaired) electrons. The van der Waals surface area contributed by atoms with E-state index in [0.29, 0.717) is 18.3 Å². The highest BCUT2D eigenvalue weighted by molar-refractivity contribution is 7.91. The van der Waals surface area contributed by atoms with Crippen LogP contribution >= 0.6 is 11.3 Å². The summed E-state index contributed by atoms with van der Waals surface area (Å²) in [6, 6.07) is 0.402. The number of hydrogen-bond donors (Lipinski definition) is 3. The summed E-state index contributed by atoms with van der Waals surface area (Å²) in [5.41, 5.74) is 0.400. The Bertz CT molecular complexity index is 555. The van der Waals surface area contributed by atoms with Crippen molar-refractivity contribution in [1.82, 2.24) is 15.0 Å². The fourth-order valence-electron chi connectivity index (χ4n) is 2.08. The average Bonchev–Trinajstić information content (AvgIpc) is 2.88. The van der Waals surface area contributed by atoms with Gasteiger partial charge in [0.2, 0.25) is 0 Å². The second kappa shape index (κ2) is 5.52. The van der Waals surface area contributed by atoms with Crippen LogP contribution in [0.25, 0.3) is 0 Å². The van der Waals surface area contributed by atoms with E-state index >= 15 is 0 Å². The van der Waals surface area contributed by atoms with Crippen molar-refractivity contribution in [2.24, 2.45) is 0 Å². The van der Waals surface area contributed by atoms with Gasteiger partial charge in [-0.3, -0.25) is 4.79 Å². The first-order chi connectivity index (χ1) is 8.49. The van der Waals surface area contributed by atoms with Crippen molar-refractivity contribution in [2.45, 2.75) is 36.4 Å². The van der Waals surface area contributed by atoms with Crippen molar-refractivity contribution in [1.29, 1.82) is 0 Å². The maximum absolute atomic E-state index is 12.0. The number of sulfonamides is 1. The van der Waals surface area contributed by atoms with E-state index in [1.165, 1.54) is 0 Å². The highest BCUT2D eigenvalue weighted by Crippen LogP contribution is 2.15. The van der Waals surface area contributed by atoms with E-state index < -0.39 is 10.0 Å². The van der Waals surface area contributed by atoms with Crippen molar-refractivity contribution < 1.29 is 8.42 Å². The molecule has 1 aromatic heterocycles. The van der Waals surface area contributed by atoms with Crippen molar-refractivity contribution in [3.63, 3.8) is 0 Å². The number of nitrogens with one attached hydrogen (secondary N) is 3. The molecule has 2 rings (SSSR count). The zero-order valence-electron chi connectivity index (χ0n) is 10.2. The monoisotopic (exact) mass is 291 g/mol. The first kappa shape index (κ1) is 13.7. The molecule has 6 nitrogen and oxygen atoms in total. The SMILES string of the molecule is Cc1[nH]c(=O)sc1S(=O)(=O)NCC[C@H]1CCCN1. The Balaban J connectivity index is 1.95. The summed E-state index contributed by atoms with van der Waals surface area (Å²) < 4.78 is 26.6. The van der Waals surface area contributed by atoms with Gasteiger partial charge in [-0.25, -0.2) is 13.1 Å². The summed E-state index contributed by atoms with van der Waals surface area (Å²) in [6.45, 7) is 2.99. The Morgan fingerprint density at radius 2 is 2.28 bits per heavy atom. The van der Waals surface area contributed by atoms with Gasteiger partial charge in [0, 0.05) is 18.3 Å². The van der Waals surface area contributed by atoms with Crippen LogP contribution in [0.3, 0.4) is 0 Å². The number of H-pyrrole nitrogens is 1. The largest absolute Gasteiger partial charge is 0.315 e. The lowest BCUT2D eigenvalue weighted by molar-refractivity contribution is 0.540. The van der Waals surface area contributed by atoms with Crippen LogP contribution < -0.4 is 14.9 Å². The van der Waals surface area contributed by atoms with Gasteiger partial charge in [-0.1, -0.05) is 11.3 Å². The topological polar surface area (TPSA) is 91.1 Å². The summed E-state index contributed by atoms with van der Waals surface area (Å²) in [7, 11) is -3.55.